The van der Waals surface area contributed by atoms with E-state index in [2.05, 4.69) is 16.3 Å². The Morgan fingerprint density at radius 3 is 2.73 bits per heavy atom. The first-order valence-electron chi connectivity index (χ1n) is 8.69. The Kier molecular flexibility index (Phi) is 3.66. The summed E-state index contributed by atoms with van der Waals surface area (Å²) >= 11 is 1.43. The predicted octanol–water partition coefficient (Wildman–Crippen LogP) is 2.63. The molecule has 2 aliphatic rings. The third-order valence-electron chi connectivity index (χ3n) is 4.90. The van der Waals surface area contributed by atoms with E-state index in [9.17, 15) is 4.79 Å². The van der Waals surface area contributed by atoms with Gasteiger partial charge < -0.3 is 14.4 Å². The number of hydrogen-bond donors (Lipinski definition) is 0. The zero-order chi connectivity index (χ0) is 17.7. The highest BCUT2D eigenvalue weighted by molar-refractivity contribution is 7.99. The molecular formula is C18H18N4O3S. The second kappa shape index (κ2) is 6.05. The number of pyridine rings is 1. The first-order chi connectivity index (χ1) is 12.7. The van der Waals surface area contributed by atoms with Gasteiger partial charge in [0.1, 0.15) is 0 Å². The van der Waals surface area contributed by atoms with Gasteiger partial charge in [-0.25, -0.2) is 0 Å². The Morgan fingerprint density at radius 1 is 1.15 bits per heavy atom. The number of fused-ring (bicyclic) bond motifs is 4. The fraction of sp³-hybridized carbons (Fsp3) is 0.389. The van der Waals surface area contributed by atoms with Crippen LogP contribution in [0.3, 0.4) is 0 Å². The highest BCUT2D eigenvalue weighted by Gasteiger charge is 2.21. The Balaban J connectivity index is 1.55. The number of amides is 1. The summed E-state index contributed by atoms with van der Waals surface area (Å²) in [5.74, 6) is 2.02. The van der Waals surface area contributed by atoms with Crippen LogP contribution in [0.5, 0.6) is 11.5 Å². The normalized spacial score (nSPS) is 16.1. The van der Waals surface area contributed by atoms with Crippen molar-refractivity contribution in [2.24, 2.45) is 0 Å². The van der Waals surface area contributed by atoms with Crippen LogP contribution in [0.2, 0.25) is 0 Å². The smallest absolute Gasteiger partial charge is 0.233 e. The third-order valence-corrected chi connectivity index (χ3v) is 5.82. The first kappa shape index (κ1) is 15.7. The average Bonchev–Trinajstić information content (AvgIpc) is 3.37. The minimum atomic E-state index is 0.166. The van der Waals surface area contributed by atoms with Gasteiger partial charge in [-0.2, -0.15) is 0 Å². The number of nitrogens with zero attached hydrogens (tertiary/aromatic N) is 4. The molecule has 3 aromatic rings. The monoisotopic (exact) mass is 370 g/mol. The average molecular weight is 370 g/mol. The molecule has 1 fully saturated rings. The van der Waals surface area contributed by atoms with Crippen molar-refractivity contribution in [3.8, 4) is 11.5 Å². The van der Waals surface area contributed by atoms with E-state index >= 15 is 0 Å². The predicted molar refractivity (Wildman–Crippen MR) is 97.9 cm³/mol. The van der Waals surface area contributed by atoms with Gasteiger partial charge in [0.05, 0.1) is 11.3 Å². The van der Waals surface area contributed by atoms with Crippen molar-refractivity contribution in [2.45, 2.75) is 24.9 Å². The molecule has 8 heteroatoms. The molecule has 2 aliphatic heterocycles. The largest absolute Gasteiger partial charge is 0.454 e. The molecule has 26 heavy (non-hydrogen) atoms. The van der Waals surface area contributed by atoms with Gasteiger partial charge >= 0.3 is 0 Å². The van der Waals surface area contributed by atoms with Gasteiger partial charge in [0.2, 0.25) is 12.7 Å². The number of carbonyl (C=O) groups excluding carboxylic acids is 1. The molecular weight excluding hydrogens is 352 g/mol. The molecule has 1 aromatic carbocycles. The van der Waals surface area contributed by atoms with Gasteiger partial charge in [0, 0.05) is 24.5 Å². The Morgan fingerprint density at radius 2 is 1.92 bits per heavy atom. The number of carbonyl (C=O) groups is 1. The lowest BCUT2D eigenvalue weighted by atomic mass is 10.1. The molecule has 4 heterocycles. The van der Waals surface area contributed by atoms with Gasteiger partial charge in [-0.1, -0.05) is 11.8 Å². The van der Waals surface area contributed by atoms with E-state index in [-0.39, 0.29) is 12.7 Å². The number of rotatable bonds is 3. The lowest BCUT2D eigenvalue weighted by Gasteiger charge is -2.14. The van der Waals surface area contributed by atoms with Crippen LogP contribution < -0.4 is 9.47 Å². The lowest BCUT2D eigenvalue weighted by molar-refractivity contribution is -0.127. The van der Waals surface area contributed by atoms with Crippen LogP contribution >= 0.6 is 11.8 Å². The highest BCUT2D eigenvalue weighted by Crippen LogP contribution is 2.37. The van der Waals surface area contributed by atoms with E-state index in [1.54, 1.807) is 0 Å². The second-order valence-electron chi connectivity index (χ2n) is 6.61. The molecule has 0 aliphatic carbocycles. The number of thioether (sulfide) groups is 1. The topological polar surface area (TPSA) is 69.0 Å². The van der Waals surface area contributed by atoms with Gasteiger partial charge in [-0.3, -0.25) is 9.20 Å². The summed E-state index contributed by atoms with van der Waals surface area (Å²) < 4.78 is 13.0. The van der Waals surface area contributed by atoms with Gasteiger partial charge in [0.15, 0.2) is 22.3 Å². The minimum Gasteiger partial charge on any atom is -0.454 e. The SMILES string of the molecule is Cc1cc2cc3c(cc2n2c(SCC(=O)N4CCCC4)nnc12)OCO3. The fourth-order valence-corrected chi connectivity index (χ4v) is 4.42. The molecule has 0 N–H and O–H groups in total. The standard InChI is InChI=1S/C18H18N4O3S/c1-11-6-12-7-14-15(25-10-24-14)8-13(12)22-17(11)19-20-18(22)26-9-16(23)21-4-2-3-5-21/h6-8H,2-5,9-10H2,1H3. The number of ether oxygens (including phenoxy) is 2. The lowest BCUT2D eigenvalue weighted by Crippen LogP contribution is -2.29. The molecule has 5 rings (SSSR count). The molecule has 7 nitrogen and oxygen atoms in total. The van der Waals surface area contributed by atoms with Crippen LogP contribution in [0, 0.1) is 6.92 Å². The van der Waals surface area contributed by atoms with Crippen molar-refractivity contribution in [3.05, 3.63) is 23.8 Å². The van der Waals surface area contributed by atoms with Gasteiger partial charge in [-0.05, 0) is 37.5 Å². The maximum atomic E-state index is 12.4. The van der Waals surface area contributed by atoms with Crippen LogP contribution in [0.1, 0.15) is 18.4 Å². The Hall–Kier alpha value is -2.48. The summed E-state index contributed by atoms with van der Waals surface area (Å²) in [4.78, 5) is 14.3. The molecule has 0 spiro atoms. The third kappa shape index (κ3) is 2.47. The fourth-order valence-electron chi connectivity index (χ4n) is 3.57. The molecule has 0 unspecified atom stereocenters. The van der Waals surface area contributed by atoms with E-state index < -0.39 is 0 Å². The van der Waals surface area contributed by atoms with Crippen molar-refractivity contribution in [1.29, 1.82) is 0 Å². The zero-order valence-corrected chi connectivity index (χ0v) is 15.2. The summed E-state index contributed by atoms with van der Waals surface area (Å²) in [6, 6.07) is 6.01. The van der Waals surface area contributed by atoms with Crippen molar-refractivity contribution in [3.63, 3.8) is 0 Å². The molecule has 134 valence electrons. The summed E-state index contributed by atoms with van der Waals surface area (Å²) in [5.41, 5.74) is 2.78. The van der Waals surface area contributed by atoms with Crippen LogP contribution in [-0.4, -0.2) is 51.0 Å². The van der Waals surface area contributed by atoms with E-state index in [0.29, 0.717) is 5.75 Å². The van der Waals surface area contributed by atoms with Crippen molar-refractivity contribution in [2.75, 3.05) is 25.6 Å². The zero-order valence-electron chi connectivity index (χ0n) is 14.4. The van der Waals surface area contributed by atoms with Crippen molar-refractivity contribution in [1.82, 2.24) is 19.5 Å². The van der Waals surface area contributed by atoms with E-state index in [1.807, 2.05) is 28.4 Å². The molecule has 1 amide bonds. The van der Waals surface area contributed by atoms with Crippen LogP contribution in [0.4, 0.5) is 0 Å². The van der Waals surface area contributed by atoms with E-state index in [1.165, 1.54) is 11.8 Å². The molecule has 0 bridgehead atoms. The summed E-state index contributed by atoms with van der Waals surface area (Å²) in [6.45, 7) is 3.98. The summed E-state index contributed by atoms with van der Waals surface area (Å²) in [6.07, 6.45) is 2.20. The van der Waals surface area contributed by atoms with E-state index in [0.717, 1.165) is 64.7 Å². The Labute approximate surface area is 154 Å². The highest BCUT2D eigenvalue weighted by atomic mass is 32.2. The van der Waals surface area contributed by atoms with Crippen LogP contribution in [-0.2, 0) is 4.79 Å². The van der Waals surface area contributed by atoms with Crippen LogP contribution in [0.15, 0.2) is 23.4 Å². The maximum absolute atomic E-state index is 12.4. The van der Waals surface area contributed by atoms with Crippen LogP contribution in [0.25, 0.3) is 16.6 Å². The van der Waals surface area contributed by atoms with Crippen molar-refractivity contribution < 1.29 is 14.3 Å². The minimum absolute atomic E-state index is 0.166. The number of benzene rings is 1. The Bertz CT molecular complexity index is 1030. The van der Waals surface area contributed by atoms with Gasteiger partial charge in [-0.15, -0.1) is 10.2 Å². The number of aryl methyl sites for hydroxylation is 1. The van der Waals surface area contributed by atoms with Crippen molar-refractivity contribution >= 4 is 34.2 Å². The first-order valence-corrected chi connectivity index (χ1v) is 9.68. The molecule has 0 atom stereocenters. The maximum Gasteiger partial charge on any atom is 0.233 e. The molecule has 1 saturated heterocycles. The quantitative estimate of drug-likeness (QED) is 0.660. The molecule has 2 aromatic heterocycles. The summed E-state index contributed by atoms with van der Waals surface area (Å²) in [5, 5.41) is 10.4. The second-order valence-corrected chi connectivity index (χ2v) is 7.55. The number of hydrogen-bond acceptors (Lipinski definition) is 6. The van der Waals surface area contributed by atoms with Gasteiger partial charge in [0.25, 0.3) is 0 Å². The summed E-state index contributed by atoms with van der Waals surface area (Å²) in [7, 11) is 0. The molecule has 0 radical (unpaired) electrons. The molecule has 0 saturated carbocycles. The number of aromatic nitrogens is 3. The van der Waals surface area contributed by atoms with E-state index in [4.69, 9.17) is 9.47 Å². The number of likely N-dealkylation sites (tertiary alicyclic amines) is 1.